The van der Waals surface area contributed by atoms with Crippen molar-refractivity contribution in [1.29, 1.82) is 0 Å². The van der Waals surface area contributed by atoms with Crippen molar-refractivity contribution in [2.24, 2.45) is 0 Å². The molecule has 0 saturated heterocycles. The van der Waals surface area contributed by atoms with E-state index < -0.39 is 0 Å². The van der Waals surface area contributed by atoms with Gasteiger partial charge in [-0.1, -0.05) is 121 Å². The molecule has 4 nitrogen and oxygen atoms in total. The maximum Gasteiger partial charge on any atom is 0.146 e. The lowest BCUT2D eigenvalue weighted by Crippen LogP contribution is -1.93. The van der Waals surface area contributed by atoms with Crippen molar-refractivity contribution in [2.75, 3.05) is 0 Å². The molecule has 6 heterocycles. The molecule has 0 amide bonds. The van der Waals surface area contributed by atoms with Crippen molar-refractivity contribution in [1.82, 2.24) is 18.4 Å². The number of hydrogen-bond acceptors (Lipinski definition) is 1. The molecule has 0 atom stereocenters. The minimum absolute atomic E-state index is 1.02. The van der Waals surface area contributed by atoms with Gasteiger partial charge in [-0.2, -0.15) is 0 Å². The molecule has 8 aromatic carbocycles. The number of pyridine rings is 1. The monoisotopic (exact) mass is 696 g/mol. The number of nitrogens with zero attached hydrogens (tertiary/aromatic N) is 4. The summed E-state index contributed by atoms with van der Waals surface area (Å²) in [6, 6.07) is 60.2. The minimum atomic E-state index is 1.02. The van der Waals surface area contributed by atoms with E-state index in [4.69, 9.17) is 4.98 Å². The minimum Gasteiger partial charge on any atom is -0.309 e. The Kier molecular flexibility index (Phi) is 4.99. The van der Waals surface area contributed by atoms with Crippen LogP contribution in [0, 0.1) is 0 Å². The van der Waals surface area contributed by atoms with Gasteiger partial charge in [0.05, 0.1) is 44.8 Å². The molecule has 0 radical (unpaired) electrons. The maximum absolute atomic E-state index is 5.40. The molecular formula is C51H28N4. The number of benzene rings is 8. The van der Waals surface area contributed by atoms with Gasteiger partial charge in [0.2, 0.25) is 0 Å². The Balaban J connectivity index is 1.14. The lowest BCUT2D eigenvalue weighted by molar-refractivity contribution is 1.18. The fraction of sp³-hybridized carbons (Fsp3) is 0. The number of hydrogen-bond donors (Lipinski definition) is 0. The van der Waals surface area contributed by atoms with Gasteiger partial charge in [-0.15, -0.1) is 0 Å². The van der Waals surface area contributed by atoms with Crippen molar-refractivity contribution in [2.45, 2.75) is 0 Å². The van der Waals surface area contributed by atoms with E-state index in [0.717, 1.165) is 11.2 Å². The Morgan fingerprint density at radius 1 is 0.364 bits per heavy atom. The summed E-state index contributed by atoms with van der Waals surface area (Å²) in [7, 11) is 0. The molecular weight excluding hydrogens is 669 g/mol. The van der Waals surface area contributed by atoms with Gasteiger partial charge in [0, 0.05) is 65.1 Å². The molecule has 55 heavy (non-hydrogen) atoms. The Labute approximate surface area is 313 Å². The van der Waals surface area contributed by atoms with Gasteiger partial charge >= 0.3 is 0 Å². The number of para-hydroxylation sites is 5. The van der Waals surface area contributed by atoms with E-state index in [9.17, 15) is 0 Å². The van der Waals surface area contributed by atoms with Gasteiger partial charge in [0.25, 0.3) is 0 Å². The first kappa shape index (κ1) is 28.1. The van der Waals surface area contributed by atoms with Crippen LogP contribution in [-0.4, -0.2) is 18.4 Å². The molecule has 0 aliphatic rings. The standard InChI is InChI=1S/C51H28N4/c1-2-13-31(14-3-1)53-41-22-8-6-16-34(41)39-26-30(24-25-43(39)53)33-18-10-19-36-37-20-11-21-38-45-44(54(48(33)36)49(37)38)28-52-51-47(45)46-32-15-5-4-12-29(32)27-40-35-17-7-9-23-42(35)55(51)50(40)46/h1-28H. The second kappa shape index (κ2) is 9.75. The van der Waals surface area contributed by atoms with Gasteiger partial charge in [-0.05, 0) is 58.8 Å². The fourth-order valence-electron chi connectivity index (χ4n) is 10.4. The van der Waals surface area contributed by atoms with Crippen LogP contribution in [0.5, 0.6) is 0 Å². The van der Waals surface area contributed by atoms with E-state index in [1.54, 1.807) is 0 Å². The zero-order valence-electron chi connectivity index (χ0n) is 29.5. The quantitative estimate of drug-likeness (QED) is 0.177. The van der Waals surface area contributed by atoms with Crippen molar-refractivity contribution >= 4 is 109 Å². The third-order valence-corrected chi connectivity index (χ3v) is 12.5. The third kappa shape index (κ3) is 3.29. The van der Waals surface area contributed by atoms with Crippen molar-refractivity contribution in [3.63, 3.8) is 0 Å². The van der Waals surface area contributed by atoms with Crippen molar-refractivity contribution in [3.8, 4) is 16.8 Å². The SMILES string of the molecule is c1ccc(-n2c3ccccc3c3cc(-c4cccc5c6cccc7c8c9c%10c%11ccccc%11cc%11c%12ccccc%12n(c9ncc8n(c45)c67)c%11%10)ccc32)cc1. The average molecular weight is 697 g/mol. The largest absolute Gasteiger partial charge is 0.309 e. The van der Waals surface area contributed by atoms with E-state index in [0.29, 0.717) is 0 Å². The highest BCUT2D eigenvalue weighted by Crippen LogP contribution is 2.49. The predicted octanol–water partition coefficient (Wildman–Crippen LogP) is 13.3. The first-order chi connectivity index (χ1) is 27.3. The molecule has 0 N–H and O–H groups in total. The first-order valence-corrected chi connectivity index (χ1v) is 19.0. The number of fused-ring (bicyclic) bond motifs is 18. The van der Waals surface area contributed by atoms with Gasteiger partial charge in [0.15, 0.2) is 0 Å². The smallest absolute Gasteiger partial charge is 0.146 e. The first-order valence-electron chi connectivity index (χ1n) is 19.0. The maximum atomic E-state index is 5.40. The molecule has 14 rings (SSSR count). The van der Waals surface area contributed by atoms with E-state index >= 15 is 0 Å². The number of rotatable bonds is 2. The van der Waals surface area contributed by atoms with Crippen LogP contribution in [0.1, 0.15) is 0 Å². The summed E-state index contributed by atoms with van der Waals surface area (Å²) in [5.41, 5.74) is 13.1. The van der Waals surface area contributed by atoms with E-state index in [1.807, 2.05) is 0 Å². The van der Waals surface area contributed by atoms with E-state index in [1.165, 1.54) is 115 Å². The second-order valence-electron chi connectivity index (χ2n) is 15.1. The Hall–Kier alpha value is -7.43. The summed E-state index contributed by atoms with van der Waals surface area (Å²) in [5, 5.41) is 15.2. The molecule has 0 spiro atoms. The lowest BCUT2D eigenvalue weighted by Gasteiger charge is -2.09. The molecule has 252 valence electrons. The van der Waals surface area contributed by atoms with Crippen molar-refractivity contribution in [3.05, 3.63) is 170 Å². The second-order valence-corrected chi connectivity index (χ2v) is 15.1. The van der Waals surface area contributed by atoms with Crippen LogP contribution in [0.25, 0.3) is 126 Å². The Bertz CT molecular complexity index is 3940. The number of aromatic nitrogens is 4. The average Bonchev–Trinajstić information content (AvgIpc) is 4.03. The molecule has 4 heteroatoms. The van der Waals surface area contributed by atoms with Crippen LogP contribution in [0.2, 0.25) is 0 Å². The summed E-state index contributed by atoms with van der Waals surface area (Å²) in [5.74, 6) is 0. The molecule has 0 aliphatic heterocycles. The predicted molar refractivity (Wildman–Crippen MR) is 231 cm³/mol. The molecule has 0 fully saturated rings. The van der Waals surface area contributed by atoms with Crippen LogP contribution >= 0.6 is 0 Å². The summed E-state index contributed by atoms with van der Waals surface area (Å²) in [6.45, 7) is 0. The van der Waals surface area contributed by atoms with Gasteiger partial charge in [-0.25, -0.2) is 4.98 Å². The van der Waals surface area contributed by atoms with Gasteiger partial charge < -0.3 is 8.97 Å². The van der Waals surface area contributed by atoms with Crippen molar-refractivity contribution < 1.29 is 0 Å². The Morgan fingerprint density at radius 3 is 1.91 bits per heavy atom. The topological polar surface area (TPSA) is 26.6 Å². The van der Waals surface area contributed by atoms with Crippen LogP contribution in [0.4, 0.5) is 0 Å². The van der Waals surface area contributed by atoms with Crippen LogP contribution in [0.3, 0.4) is 0 Å². The van der Waals surface area contributed by atoms with E-state index in [-0.39, 0.29) is 0 Å². The Morgan fingerprint density at radius 2 is 1.04 bits per heavy atom. The highest BCUT2D eigenvalue weighted by Gasteiger charge is 2.27. The van der Waals surface area contributed by atoms with Crippen LogP contribution < -0.4 is 0 Å². The molecule has 0 saturated carbocycles. The molecule has 0 unspecified atom stereocenters. The highest BCUT2D eigenvalue weighted by molar-refractivity contribution is 6.39. The lowest BCUT2D eigenvalue weighted by atomic mass is 9.98. The van der Waals surface area contributed by atoms with Crippen LogP contribution in [-0.2, 0) is 0 Å². The summed E-state index contributed by atoms with van der Waals surface area (Å²) in [4.78, 5) is 5.40. The molecule has 0 aliphatic carbocycles. The fourth-order valence-corrected chi connectivity index (χ4v) is 10.4. The summed E-state index contributed by atoms with van der Waals surface area (Å²) < 4.78 is 7.32. The normalized spacial score (nSPS) is 12.7. The molecule has 0 bridgehead atoms. The zero-order chi connectivity index (χ0) is 35.5. The summed E-state index contributed by atoms with van der Waals surface area (Å²) >= 11 is 0. The third-order valence-electron chi connectivity index (χ3n) is 12.5. The summed E-state index contributed by atoms with van der Waals surface area (Å²) in [6.07, 6.45) is 2.13. The van der Waals surface area contributed by atoms with Gasteiger partial charge in [-0.3, -0.25) is 4.40 Å². The van der Waals surface area contributed by atoms with Gasteiger partial charge in [0.1, 0.15) is 5.65 Å². The molecule has 6 aromatic heterocycles. The molecule has 14 aromatic rings. The highest BCUT2D eigenvalue weighted by atomic mass is 15.0. The zero-order valence-corrected chi connectivity index (χ0v) is 29.5. The van der Waals surface area contributed by atoms with E-state index in [2.05, 4.69) is 183 Å². The van der Waals surface area contributed by atoms with Crippen LogP contribution in [0.15, 0.2) is 170 Å².